The maximum Gasteiger partial charge on any atom is 0.219 e. The molecule has 1 amide bonds. The monoisotopic (exact) mass is 183 g/mol. The molecule has 1 aliphatic rings. The van der Waals surface area contributed by atoms with Gasteiger partial charge in [0.25, 0.3) is 0 Å². The van der Waals surface area contributed by atoms with Crippen molar-refractivity contribution in [2.24, 2.45) is 11.8 Å². The average Bonchev–Trinajstić information content (AvgIpc) is 2.16. The molecular weight excluding hydrogens is 162 g/mol. The van der Waals surface area contributed by atoms with Gasteiger partial charge in [-0.3, -0.25) is 4.79 Å². The van der Waals surface area contributed by atoms with Gasteiger partial charge < -0.3 is 4.90 Å². The quantitative estimate of drug-likeness (QED) is 0.643. The summed E-state index contributed by atoms with van der Waals surface area (Å²) in [6, 6.07) is 0. The lowest BCUT2D eigenvalue weighted by molar-refractivity contribution is -0.131. The van der Waals surface area contributed by atoms with E-state index >= 15 is 0 Å². The Labute approximate surface area is 81.3 Å². The van der Waals surface area contributed by atoms with Gasteiger partial charge in [-0.2, -0.15) is 0 Å². The molecule has 0 bridgehead atoms. The minimum absolute atomic E-state index is 0.244. The standard InChI is InChI=1S/C11H21NO/c1-4-10-6-7-12(9(3)13)8-11(10)5-2/h10-11H,4-8H2,1-3H3/t10-,11-/m0/s1. The predicted molar refractivity (Wildman–Crippen MR) is 54.4 cm³/mol. The van der Waals surface area contributed by atoms with Gasteiger partial charge in [-0.25, -0.2) is 0 Å². The fourth-order valence-corrected chi connectivity index (χ4v) is 2.37. The summed E-state index contributed by atoms with van der Waals surface area (Å²) in [5.41, 5.74) is 0. The van der Waals surface area contributed by atoms with Gasteiger partial charge in [-0.15, -0.1) is 0 Å². The molecule has 0 spiro atoms. The highest BCUT2D eigenvalue weighted by atomic mass is 16.2. The Morgan fingerprint density at radius 1 is 1.31 bits per heavy atom. The molecule has 13 heavy (non-hydrogen) atoms. The number of carbonyl (C=O) groups is 1. The maximum atomic E-state index is 11.2. The fraction of sp³-hybridized carbons (Fsp3) is 0.909. The zero-order valence-electron chi connectivity index (χ0n) is 9.05. The summed E-state index contributed by atoms with van der Waals surface area (Å²) < 4.78 is 0. The number of nitrogens with zero attached hydrogens (tertiary/aromatic N) is 1. The second kappa shape index (κ2) is 4.64. The second-order valence-corrected chi connectivity index (χ2v) is 4.09. The van der Waals surface area contributed by atoms with E-state index in [4.69, 9.17) is 0 Å². The fourth-order valence-electron chi connectivity index (χ4n) is 2.37. The molecule has 0 aliphatic carbocycles. The molecule has 1 fully saturated rings. The summed E-state index contributed by atoms with van der Waals surface area (Å²) in [5, 5.41) is 0. The van der Waals surface area contributed by atoms with Gasteiger partial charge in [-0.1, -0.05) is 26.7 Å². The van der Waals surface area contributed by atoms with Crippen molar-refractivity contribution >= 4 is 5.91 Å². The van der Waals surface area contributed by atoms with Crippen molar-refractivity contribution in [3.8, 4) is 0 Å². The first-order valence-electron chi connectivity index (χ1n) is 5.44. The molecule has 0 unspecified atom stereocenters. The van der Waals surface area contributed by atoms with E-state index < -0.39 is 0 Å². The van der Waals surface area contributed by atoms with Crippen LogP contribution in [0.4, 0.5) is 0 Å². The lowest BCUT2D eigenvalue weighted by Gasteiger charge is -2.37. The van der Waals surface area contributed by atoms with Crippen LogP contribution in [0.1, 0.15) is 40.0 Å². The molecule has 0 radical (unpaired) electrons. The topological polar surface area (TPSA) is 20.3 Å². The van der Waals surface area contributed by atoms with Crippen LogP contribution < -0.4 is 0 Å². The number of amides is 1. The summed E-state index contributed by atoms with van der Waals surface area (Å²) in [4.78, 5) is 13.2. The molecular formula is C11H21NO. The van der Waals surface area contributed by atoms with Gasteiger partial charge in [-0.05, 0) is 18.3 Å². The lowest BCUT2D eigenvalue weighted by atomic mass is 9.82. The molecule has 1 aliphatic heterocycles. The molecule has 2 nitrogen and oxygen atoms in total. The minimum Gasteiger partial charge on any atom is -0.343 e. The highest BCUT2D eigenvalue weighted by molar-refractivity contribution is 5.73. The van der Waals surface area contributed by atoms with Crippen LogP contribution in [0.25, 0.3) is 0 Å². The smallest absolute Gasteiger partial charge is 0.219 e. The Hall–Kier alpha value is -0.530. The van der Waals surface area contributed by atoms with E-state index in [2.05, 4.69) is 13.8 Å². The Bertz CT molecular complexity index is 179. The molecule has 0 saturated carbocycles. The first-order chi connectivity index (χ1) is 6.19. The van der Waals surface area contributed by atoms with Crippen LogP contribution in [-0.4, -0.2) is 23.9 Å². The number of rotatable bonds is 2. The minimum atomic E-state index is 0.244. The third-order valence-electron chi connectivity index (χ3n) is 3.39. The molecule has 0 aromatic heterocycles. The van der Waals surface area contributed by atoms with Gasteiger partial charge >= 0.3 is 0 Å². The van der Waals surface area contributed by atoms with Crippen LogP contribution in [0.15, 0.2) is 0 Å². The molecule has 1 heterocycles. The third-order valence-corrected chi connectivity index (χ3v) is 3.39. The molecule has 76 valence electrons. The van der Waals surface area contributed by atoms with Gasteiger partial charge in [0, 0.05) is 20.0 Å². The number of carbonyl (C=O) groups excluding carboxylic acids is 1. The van der Waals surface area contributed by atoms with Crippen molar-refractivity contribution in [1.29, 1.82) is 0 Å². The summed E-state index contributed by atoms with van der Waals surface area (Å²) >= 11 is 0. The van der Waals surface area contributed by atoms with Crippen LogP contribution in [0.3, 0.4) is 0 Å². The Kier molecular flexibility index (Phi) is 3.76. The number of hydrogen-bond donors (Lipinski definition) is 0. The van der Waals surface area contributed by atoms with E-state index in [9.17, 15) is 4.79 Å². The van der Waals surface area contributed by atoms with E-state index in [1.54, 1.807) is 6.92 Å². The Balaban J connectivity index is 2.52. The highest BCUT2D eigenvalue weighted by Gasteiger charge is 2.27. The van der Waals surface area contributed by atoms with E-state index in [-0.39, 0.29) is 5.91 Å². The SMILES string of the molecule is CC[C@H]1CCN(C(C)=O)C[C@@H]1CC. The van der Waals surface area contributed by atoms with Crippen LogP contribution in [0, 0.1) is 11.8 Å². The molecule has 2 atom stereocenters. The summed E-state index contributed by atoms with van der Waals surface area (Å²) in [6.07, 6.45) is 3.68. The number of hydrogen-bond acceptors (Lipinski definition) is 1. The van der Waals surface area contributed by atoms with Crippen molar-refractivity contribution in [1.82, 2.24) is 4.90 Å². The van der Waals surface area contributed by atoms with Crippen LogP contribution in [-0.2, 0) is 4.79 Å². The number of piperidine rings is 1. The molecule has 0 N–H and O–H groups in total. The first-order valence-corrected chi connectivity index (χ1v) is 5.44. The molecule has 1 saturated heterocycles. The molecule has 0 aromatic carbocycles. The van der Waals surface area contributed by atoms with Gasteiger partial charge in [0.05, 0.1) is 0 Å². The maximum absolute atomic E-state index is 11.2. The van der Waals surface area contributed by atoms with E-state index in [0.29, 0.717) is 0 Å². The van der Waals surface area contributed by atoms with E-state index in [1.807, 2.05) is 4.90 Å². The zero-order chi connectivity index (χ0) is 9.84. The highest BCUT2D eigenvalue weighted by Crippen LogP contribution is 2.28. The summed E-state index contributed by atoms with van der Waals surface area (Å²) in [5.74, 6) is 1.83. The second-order valence-electron chi connectivity index (χ2n) is 4.09. The summed E-state index contributed by atoms with van der Waals surface area (Å²) in [6.45, 7) is 8.14. The van der Waals surface area contributed by atoms with Crippen molar-refractivity contribution in [3.63, 3.8) is 0 Å². The van der Waals surface area contributed by atoms with Gasteiger partial charge in [0.1, 0.15) is 0 Å². The van der Waals surface area contributed by atoms with E-state index in [0.717, 1.165) is 24.9 Å². The number of likely N-dealkylation sites (tertiary alicyclic amines) is 1. The van der Waals surface area contributed by atoms with Crippen molar-refractivity contribution in [2.45, 2.75) is 40.0 Å². The third kappa shape index (κ3) is 2.45. The van der Waals surface area contributed by atoms with Crippen molar-refractivity contribution in [2.75, 3.05) is 13.1 Å². The van der Waals surface area contributed by atoms with Crippen molar-refractivity contribution < 1.29 is 4.79 Å². The Morgan fingerprint density at radius 2 is 1.92 bits per heavy atom. The van der Waals surface area contributed by atoms with Crippen LogP contribution in [0.5, 0.6) is 0 Å². The van der Waals surface area contributed by atoms with Gasteiger partial charge in [0.15, 0.2) is 0 Å². The van der Waals surface area contributed by atoms with Crippen LogP contribution >= 0.6 is 0 Å². The average molecular weight is 183 g/mol. The normalized spacial score (nSPS) is 29.0. The lowest BCUT2D eigenvalue weighted by Crippen LogP contribution is -2.42. The summed E-state index contributed by atoms with van der Waals surface area (Å²) in [7, 11) is 0. The zero-order valence-corrected chi connectivity index (χ0v) is 9.05. The van der Waals surface area contributed by atoms with Gasteiger partial charge in [0.2, 0.25) is 5.91 Å². The molecule has 2 heteroatoms. The van der Waals surface area contributed by atoms with Crippen LogP contribution in [0.2, 0.25) is 0 Å². The first kappa shape index (κ1) is 10.6. The predicted octanol–water partition coefficient (Wildman–Crippen LogP) is 2.29. The van der Waals surface area contributed by atoms with Crippen molar-refractivity contribution in [3.05, 3.63) is 0 Å². The molecule has 0 aromatic rings. The van der Waals surface area contributed by atoms with E-state index in [1.165, 1.54) is 19.3 Å². The molecule has 1 rings (SSSR count). The largest absolute Gasteiger partial charge is 0.343 e. The Morgan fingerprint density at radius 3 is 2.38 bits per heavy atom.